The summed E-state index contributed by atoms with van der Waals surface area (Å²) in [6, 6.07) is 3.74. The molecule has 7 nitrogen and oxygen atoms in total. The van der Waals surface area contributed by atoms with Gasteiger partial charge in [-0.2, -0.15) is 0 Å². The molecule has 1 aliphatic rings. The molecule has 0 radical (unpaired) electrons. The van der Waals surface area contributed by atoms with Gasteiger partial charge in [-0.3, -0.25) is 9.59 Å². The number of thiophene rings is 1. The van der Waals surface area contributed by atoms with E-state index in [-0.39, 0.29) is 17.6 Å². The van der Waals surface area contributed by atoms with Gasteiger partial charge in [0.25, 0.3) is 5.91 Å². The normalized spacial score (nSPS) is 16.6. The van der Waals surface area contributed by atoms with Crippen molar-refractivity contribution in [1.29, 1.82) is 0 Å². The Labute approximate surface area is 149 Å². The fourth-order valence-electron chi connectivity index (χ4n) is 2.97. The molecule has 1 saturated heterocycles. The highest BCUT2D eigenvalue weighted by atomic mass is 32.1. The smallest absolute Gasteiger partial charge is 0.259 e. The van der Waals surface area contributed by atoms with Crippen LogP contribution in [0.5, 0.6) is 0 Å². The third-order valence-corrected chi connectivity index (χ3v) is 5.17. The maximum Gasteiger partial charge on any atom is 0.259 e. The first-order valence-electron chi connectivity index (χ1n) is 8.25. The molecule has 134 valence electrons. The third kappa shape index (κ3) is 3.59. The van der Waals surface area contributed by atoms with Crippen LogP contribution in [0.3, 0.4) is 0 Å². The van der Waals surface area contributed by atoms with Crippen molar-refractivity contribution >= 4 is 23.2 Å². The zero-order valence-electron chi connectivity index (χ0n) is 14.3. The minimum Gasteiger partial charge on any atom is -0.385 e. The summed E-state index contributed by atoms with van der Waals surface area (Å²) in [5.74, 6) is -0.0183. The SMILES string of the molecule is CC(=O)N1CCCN(C(=O)c2c(-c3cccs3)noc2C(C)O)CC1. The second-order valence-corrected chi connectivity index (χ2v) is 7.02. The summed E-state index contributed by atoms with van der Waals surface area (Å²) >= 11 is 1.46. The number of carbonyl (C=O) groups excluding carboxylic acids is 2. The minimum atomic E-state index is -0.930. The first-order valence-corrected chi connectivity index (χ1v) is 9.13. The lowest BCUT2D eigenvalue weighted by Crippen LogP contribution is -2.37. The van der Waals surface area contributed by atoms with E-state index in [0.717, 1.165) is 11.3 Å². The summed E-state index contributed by atoms with van der Waals surface area (Å²) in [5, 5.41) is 15.9. The number of aliphatic hydroxyl groups is 1. The Kier molecular flexibility index (Phi) is 5.19. The lowest BCUT2D eigenvalue weighted by molar-refractivity contribution is -0.128. The molecule has 3 heterocycles. The van der Waals surface area contributed by atoms with Crippen LogP contribution < -0.4 is 0 Å². The molecule has 0 aliphatic carbocycles. The highest BCUT2D eigenvalue weighted by Crippen LogP contribution is 2.32. The Morgan fingerprint density at radius 3 is 2.64 bits per heavy atom. The fraction of sp³-hybridized carbons (Fsp3) is 0.471. The summed E-state index contributed by atoms with van der Waals surface area (Å²) in [7, 11) is 0. The summed E-state index contributed by atoms with van der Waals surface area (Å²) < 4.78 is 5.28. The quantitative estimate of drug-likeness (QED) is 0.903. The Morgan fingerprint density at radius 2 is 2.00 bits per heavy atom. The van der Waals surface area contributed by atoms with Crippen molar-refractivity contribution < 1.29 is 19.2 Å². The Hall–Kier alpha value is -2.19. The van der Waals surface area contributed by atoms with E-state index in [0.29, 0.717) is 37.4 Å². The van der Waals surface area contributed by atoms with E-state index < -0.39 is 6.10 Å². The molecule has 2 amide bonds. The van der Waals surface area contributed by atoms with Crippen molar-refractivity contribution in [1.82, 2.24) is 15.0 Å². The van der Waals surface area contributed by atoms with Crippen LogP contribution in [-0.4, -0.2) is 58.1 Å². The Morgan fingerprint density at radius 1 is 1.28 bits per heavy atom. The second-order valence-electron chi connectivity index (χ2n) is 6.08. The maximum atomic E-state index is 13.1. The Balaban J connectivity index is 1.91. The molecule has 1 atom stereocenters. The molecule has 2 aromatic rings. The van der Waals surface area contributed by atoms with Crippen LogP contribution in [0.15, 0.2) is 22.0 Å². The van der Waals surface area contributed by atoms with Gasteiger partial charge in [-0.05, 0) is 24.8 Å². The van der Waals surface area contributed by atoms with Crippen LogP contribution in [0.2, 0.25) is 0 Å². The average molecular weight is 363 g/mol. The van der Waals surface area contributed by atoms with Crippen molar-refractivity contribution in [2.24, 2.45) is 0 Å². The first kappa shape index (κ1) is 17.6. The molecule has 0 bridgehead atoms. The van der Waals surface area contributed by atoms with Gasteiger partial charge in [0.1, 0.15) is 17.4 Å². The van der Waals surface area contributed by atoms with Gasteiger partial charge in [0.2, 0.25) is 5.91 Å². The van der Waals surface area contributed by atoms with E-state index >= 15 is 0 Å². The van der Waals surface area contributed by atoms with Crippen molar-refractivity contribution in [3.63, 3.8) is 0 Å². The molecule has 8 heteroatoms. The summed E-state index contributed by atoms with van der Waals surface area (Å²) in [6.07, 6.45) is -0.213. The van der Waals surface area contributed by atoms with E-state index in [9.17, 15) is 14.7 Å². The van der Waals surface area contributed by atoms with Gasteiger partial charge in [0, 0.05) is 33.1 Å². The van der Waals surface area contributed by atoms with E-state index in [1.807, 2.05) is 17.5 Å². The molecule has 1 unspecified atom stereocenters. The van der Waals surface area contributed by atoms with Gasteiger partial charge in [0.15, 0.2) is 5.76 Å². The zero-order valence-corrected chi connectivity index (χ0v) is 15.1. The lowest BCUT2D eigenvalue weighted by Gasteiger charge is -2.21. The van der Waals surface area contributed by atoms with Gasteiger partial charge < -0.3 is 19.4 Å². The third-order valence-electron chi connectivity index (χ3n) is 4.29. The molecular weight excluding hydrogens is 342 g/mol. The number of hydrogen-bond donors (Lipinski definition) is 1. The standard InChI is InChI=1S/C17H21N3O4S/c1-11(21)16-14(15(18-24-16)13-5-3-10-25-13)17(23)20-7-4-6-19(8-9-20)12(2)22/h3,5,10-11,21H,4,6-9H2,1-2H3. The van der Waals surface area contributed by atoms with Crippen LogP contribution in [0.1, 0.15) is 42.5 Å². The summed E-state index contributed by atoms with van der Waals surface area (Å²) in [4.78, 5) is 29.0. The van der Waals surface area contributed by atoms with Crippen LogP contribution in [0.25, 0.3) is 10.6 Å². The molecule has 1 aliphatic heterocycles. The van der Waals surface area contributed by atoms with Crippen LogP contribution >= 0.6 is 11.3 Å². The van der Waals surface area contributed by atoms with Crippen molar-refractivity contribution in [2.75, 3.05) is 26.2 Å². The fourth-order valence-corrected chi connectivity index (χ4v) is 3.68. The van der Waals surface area contributed by atoms with Crippen molar-refractivity contribution in [2.45, 2.75) is 26.4 Å². The van der Waals surface area contributed by atoms with Crippen molar-refractivity contribution in [3.8, 4) is 10.6 Å². The summed E-state index contributed by atoms with van der Waals surface area (Å²) in [6.45, 7) is 5.24. The number of aliphatic hydroxyl groups excluding tert-OH is 1. The largest absolute Gasteiger partial charge is 0.385 e. The number of carbonyl (C=O) groups is 2. The number of hydrogen-bond acceptors (Lipinski definition) is 6. The topological polar surface area (TPSA) is 86.9 Å². The van der Waals surface area contributed by atoms with Crippen LogP contribution in [0.4, 0.5) is 0 Å². The first-order chi connectivity index (χ1) is 12.0. The molecule has 25 heavy (non-hydrogen) atoms. The van der Waals surface area contributed by atoms with E-state index in [1.54, 1.807) is 16.7 Å². The predicted octanol–water partition coefficient (Wildman–Crippen LogP) is 2.15. The lowest BCUT2D eigenvalue weighted by atomic mass is 10.1. The van der Waals surface area contributed by atoms with Gasteiger partial charge in [-0.25, -0.2) is 0 Å². The molecular formula is C17H21N3O4S. The Bertz CT molecular complexity index is 754. The van der Waals surface area contributed by atoms with E-state index in [4.69, 9.17) is 4.52 Å². The highest BCUT2D eigenvalue weighted by Gasteiger charge is 2.31. The van der Waals surface area contributed by atoms with Crippen LogP contribution in [-0.2, 0) is 4.79 Å². The monoisotopic (exact) mass is 363 g/mol. The molecule has 0 aromatic carbocycles. The molecule has 3 rings (SSSR count). The molecule has 2 aromatic heterocycles. The highest BCUT2D eigenvalue weighted by molar-refractivity contribution is 7.13. The van der Waals surface area contributed by atoms with Gasteiger partial charge in [-0.15, -0.1) is 11.3 Å². The molecule has 1 fully saturated rings. The van der Waals surface area contributed by atoms with Gasteiger partial charge >= 0.3 is 0 Å². The van der Waals surface area contributed by atoms with Crippen molar-refractivity contribution in [3.05, 3.63) is 28.8 Å². The molecule has 0 spiro atoms. The molecule has 1 N–H and O–H groups in total. The number of aromatic nitrogens is 1. The molecule has 0 saturated carbocycles. The maximum absolute atomic E-state index is 13.1. The average Bonchev–Trinajstić information content (AvgIpc) is 3.17. The van der Waals surface area contributed by atoms with Gasteiger partial charge in [0.05, 0.1) is 4.88 Å². The zero-order chi connectivity index (χ0) is 18.0. The summed E-state index contributed by atoms with van der Waals surface area (Å²) in [5.41, 5.74) is 0.775. The van der Waals surface area contributed by atoms with Gasteiger partial charge in [-0.1, -0.05) is 11.2 Å². The number of nitrogens with zero attached hydrogens (tertiary/aromatic N) is 3. The van der Waals surface area contributed by atoms with E-state index in [1.165, 1.54) is 18.3 Å². The van der Waals surface area contributed by atoms with Crippen LogP contribution in [0, 0.1) is 0 Å². The predicted molar refractivity (Wildman–Crippen MR) is 93.2 cm³/mol. The minimum absolute atomic E-state index is 0.0169. The van der Waals surface area contributed by atoms with E-state index in [2.05, 4.69) is 5.16 Å². The number of rotatable bonds is 3. The second kappa shape index (κ2) is 7.37. The number of amides is 2.